The fourth-order valence-electron chi connectivity index (χ4n) is 1.92. The fraction of sp³-hybridized carbons (Fsp3) is 0.200. The quantitative estimate of drug-likeness (QED) is 0.306. The van der Waals surface area contributed by atoms with E-state index in [1.807, 2.05) is 0 Å². The Kier molecular flexibility index (Phi) is 8.31. The number of hydrogen-bond donors (Lipinski definition) is 0. The molecular weight excluding hydrogens is 500 g/mol. The zero-order chi connectivity index (χ0) is 20.8. The molecule has 0 aromatic heterocycles. The predicted octanol–water partition coefficient (Wildman–Crippen LogP) is 3.96. The Bertz CT molecular complexity index is 677. The average molecular weight is 511 g/mol. The summed E-state index contributed by atoms with van der Waals surface area (Å²) in [5.74, 6) is 0.561. The van der Waals surface area contributed by atoms with Gasteiger partial charge >= 0.3 is 174 Å². The molecule has 0 atom stereocenters. The molecule has 2 aromatic rings. The van der Waals surface area contributed by atoms with E-state index in [4.69, 9.17) is 14.3 Å². The van der Waals surface area contributed by atoms with Gasteiger partial charge in [-0.25, -0.2) is 0 Å². The molecule has 0 aliphatic carbocycles. The van der Waals surface area contributed by atoms with Crippen LogP contribution in [0.2, 0.25) is 0 Å². The van der Waals surface area contributed by atoms with Gasteiger partial charge in [0, 0.05) is 0 Å². The number of hydrogen-bond acceptors (Lipinski definition) is 4. The third-order valence-corrected chi connectivity index (χ3v) is 7.85. The Hall–Kier alpha value is -1.15. The molecule has 13 heteroatoms. The molecule has 0 heterocycles. The summed E-state index contributed by atoms with van der Waals surface area (Å²) < 4.78 is 96.2. The Morgan fingerprint density at radius 3 is 1.25 bits per heavy atom. The minimum atomic E-state index is -4.40. The first kappa shape index (κ1) is 23.1. The van der Waals surface area contributed by atoms with Gasteiger partial charge in [0.1, 0.15) is 0 Å². The normalized spacial score (nSPS) is 11.7. The van der Waals surface area contributed by atoms with Crippen LogP contribution in [-0.4, -0.2) is 14.0 Å². The van der Waals surface area contributed by atoms with Crippen LogP contribution in [0.4, 0.5) is 26.3 Å². The van der Waals surface area contributed by atoms with Crippen molar-refractivity contribution in [3.8, 4) is 11.5 Å². The molecule has 0 amide bonds. The summed E-state index contributed by atoms with van der Waals surface area (Å²) in [5.41, 5.74) is -1.53. The number of benzene rings is 2. The zero-order valence-electron chi connectivity index (χ0n) is 14.5. The molecule has 28 heavy (non-hydrogen) atoms. The molecule has 0 unspecified atom stereocenters. The third kappa shape index (κ3) is 7.70. The first-order valence-corrected chi connectivity index (χ1v) is 12.7. The summed E-state index contributed by atoms with van der Waals surface area (Å²) in [6.45, 7) is 0. The van der Waals surface area contributed by atoms with Crippen molar-refractivity contribution in [2.75, 3.05) is 0 Å². The van der Waals surface area contributed by atoms with Crippen LogP contribution in [0.15, 0.2) is 48.5 Å². The molecule has 2 rings (SSSR count). The molecule has 0 aliphatic heterocycles. The second-order valence-electron chi connectivity index (χ2n) is 5.47. The van der Waals surface area contributed by atoms with Crippen LogP contribution in [0.5, 0.6) is 11.5 Å². The second kappa shape index (κ2) is 10.1. The van der Waals surface area contributed by atoms with Crippen molar-refractivity contribution in [2.45, 2.75) is 18.5 Å². The van der Waals surface area contributed by atoms with E-state index in [0.717, 1.165) is 24.3 Å². The van der Waals surface area contributed by atoms with Crippen LogP contribution in [0.25, 0.3) is 0 Å². The molecule has 0 spiro atoms. The monoisotopic (exact) mass is 508 g/mol. The number of halogens is 6. The summed E-state index contributed by atoms with van der Waals surface area (Å²) in [7, 11) is 1.61. The first-order chi connectivity index (χ1) is 13.1. The van der Waals surface area contributed by atoms with Crippen molar-refractivity contribution in [2.24, 2.45) is 0 Å². The summed E-state index contributed by atoms with van der Waals surface area (Å²) in [4.78, 5) is 0. The van der Waals surface area contributed by atoms with E-state index in [2.05, 4.69) is 0 Å². The standard InChI is InChI=1S/2C7H5F3O.CH3BO2.2Zn/c2*8-7(9,10)5-1-3-6(11)4-2-5;2-1(3)4;;/h2*1-4,11H;1H,2H2;;/q;;-2;2*+2/p-2. The van der Waals surface area contributed by atoms with Gasteiger partial charge < -0.3 is 0 Å². The number of rotatable bonds is 8. The first-order valence-electron chi connectivity index (χ1n) is 7.89. The van der Waals surface area contributed by atoms with E-state index in [1.54, 1.807) is 7.85 Å². The van der Waals surface area contributed by atoms with E-state index in [0.29, 0.717) is 0 Å². The van der Waals surface area contributed by atoms with Crippen molar-refractivity contribution in [1.82, 2.24) is 0 Å². The minimum absolute atomic E-state index is 0.280. The molecule has 2 aromatic carbocycles. The van der Waals surface area contributed by atoms with Crippen LogP contribution in [0.1, 0.15) is 11.1 Å². The molecule has 0 aliphatic rings. The molecule has 0 N–H and O–H groups in total. The van der Waals surface area contributed by atoms with Gasteiger partial charge in [-0.3, -0.25) is 0 Å². The van der Waals surface area contributed by atoms with Gasteiger partial charge in [0.05, 0.1) is 0 Å². The van der Waals surface area contributed by atoms with Crippen LogP contribution in [-0.2, 0) is 55.2 Å². The molecule has 0 radical (unpaired) electrons. The van der Waals surface area contributed by atoms with Gasteiger partial charge in [0.15, 0.2) is 0 Å². The van der Waals surface area contributed by atoms with Crippen molar-refractivity contribution in [3.63, 3.8) is 0 Å². The Labute approximate surface area is 173 Å². The van der Waals surface area contributed by atoms with Gasteiger partial charge in [-0.15, -0.1) is 0 Å². The Balaban J connectivity index is 1.67. The Morgan fingerprint density at radius 2 is 0.964 bits per heavy atom. The van der Waals surface area contributed by atoms with Gasteiger partial charge in [0.2, 0.25) is 0 Å². The summed E-state index contributed by atoms with van der Waals surface area (Å²) in [6.07, 6.45) is -9.43. The van der Waals surface area contributed by atoms with Crippen LogP contribution < -0.4 is 7.13 Å². The van der Waals surface area contributed by atoms with Crippen molar-refractivity contribution in [1.29, 1.82) is 0 Å². The SMILES string of the molecule is BC([O][Zn][O]c1ccc(C(F)(F)F)cc1)[O][Zn][O]c1ccc(C(F)(F)F)cc1. The van der Waals surface area contributed by atoms with Crippen LogP contribution in [0, 0.1) is 0 Å². The van der Waals surface area contributed by atoms with Crippen LogP contribution >= 0.6 is 0 Å². The van der Waals surface area contributed by atoms with E-state index in [-0.39, 0.29) is 11.5 Å². The summed E-state index contributed by atoms with van der Waals surface area (Å²) in [5, 5.41) is 0. The van der Waals surface area contributed by atoms with E-state index < -0.39 is 65.4 Å². The molecule has 0 bridgehead atoms. The van der Waals surface area contributed by atoms with Gasteiger partial charge in [0.25, 0.3) is 0 Å². The molecular formula is C15H11BF6O4Zn2. The summed E-state index contributed by atoms with van der Waals surface area (Å²) in [6, 6.07) is 8.55. The average Bonchev–Trinajstić information content (AvgIpc) is 2.61. The Morgan fingerprint density at radius 1 is 0.643 bits per heavy atom. The van der Waals surface area contributed by atoms with Crippen molar-refractivity contribution in [3.05, 3.63) is 59.7 Å². The predicted molar refractivity (Wildman–Crippen MR) is 78.6 cm³/mol. The fourth-order valence-corrected chi connectivity index (χ4v) is 5.64. The van der Waals surface area contributed by atoms with E-state index >= 15 is 0 Å². The topological polar surface area (TPSA) is 36.9 Å². The molecule has 4 nitrogen and oxygen atoms in total. The maximum atomic E-state index is 12.5. The molecule has 0 saturated heterocycles. The zero-order valence-corrected chi connectivity index (χ0v) is 20.4. The molecule has 0 fully saturated rings. The van der Waals surface area contributed by atoms with E-state index in [9.17, 15) is 26.3 Å². The van der Waals surface area contributed by atoms with Crippen LogP contribution in [0.3, 0.4) is 0 Å². The van der Waals surface area contributed by atoms with E-state index in [1.165, 1.54) is 24.3 Å². The van der Waals surface area contributed by atoms with Crippen molar-refractivity contribution >= 4 is 7.85 Å². The summed E-state index contributed by atoms with van der Waals surface area (Å²) >= 11 is -4.01. The molecule has 0 saturated carbocycles. The molecule has 144 valence electrons. The van der Waals surface area contributed by atoms with Gasteiger partial charge in [-0.2, -0.15) is 0 Å². The van der Waals surface area contributed by atoms with Gasteiger partial charge in [-0.1, -0.05) is 0 Å². The van der Waals surface area contributed by atoms with Crippen molar-refractivity contribution < 1.29 is 76.3 Å². The second-order valence-corrected chi connectivity index (χ2v) is 9.07. The number of alkyl halides is 6. The van der Waals surface area contributed by atoms with Gasteiger partial charge in [-0.05, 0) is 0 Å². The third-order valence-electron chi connectivity index (χ3n) is 3.42. The maximum absolute atomic E-state index is 12.5.